The van der Waals surface area contributed by atoms with Gasteiger partial charge >= 0.3 is 0 Å². The van der Waals surface area contributed by atoms with Crippen molar-refractivity contribution in [3.63, 3.8) is 0 Å². The number of carbonyl (C=O) groups is 1. The quantitative estimate of drug-likeness (QED) is 0.838. The third-order valence-electron chi connectivity index (χ3n) is 3.58. The van der Waals surface area contributed by atoms with Crippen LogP contribution >= 0.6 is 15.9 Å². The van der Waals surface area contributed by atoms with Gasteiger partial charge in [0.05, 0.1) is 16.7 Å². The van der Waals surface area contributed by atoms with E-state index in [0.29, 0.717) is 12.5 Å². The number of hydrogen-bond donors (Lipinski definition) is 1. The summed E-state index contributed by atoms with van der Waals surface area (Å²) in [6.45, 7) is 2.60. The zero-order valence-corrected chi connectivity index (χ0v) is 12.9. The van der Waals surface area contributed by atoms with Crippen molar-refractivity contribution in [2.75, 3.05) is 26.7 Å². The molecule has 0 saturated carbocycles. The van der Waals surface area contributed by atoms with Crippen molar-refractivity contribution in [1.82, 2.24) is 20.0 Å². The first kappa shape index (κ1) is 14.5. The number of likely N-dealkylation sites (tertiary alicyclic amines) is 1. The van der Waals surface area contributed by atoms with Crippen LogP contribution in [0.4, 0.5) is 0 Å². The molecule has 0 bridgehead atoms. The van der Waals surface area contributed by atoms with E-state index in [0.717, 1.165) is 43.4 Å². The highest BCUT2D eigenvalue weighted by molar-refractivity contribution is 9.10. The Morgan fingerprint density at radius 2 is 2.26 bits per heavy atom. The van der Waals surface area contributed by atoms with Gasteiger partial charge in [0.2, 0.25) is 5.91 Å². The van der Waals surface area contributed by atoms with E-state index in [-0.39, 0.29) is 5.91 Å². The Balaban J connectivity index is 1.77. The van der Waals surface area contributed by atoms with Gasteiger partial charge in [0.15, 0.2) is 0 Å². The van der Waals surface area contributed by atoms with E-state index >= 15 is 0 Å². The molecule has 6 heteroatoms. The lowest BCUT2D eigenvalue weighted by Crippen LogP contribution is -2.39. The Labute approximate surface area is 122 Å². The average Bonchev–Trinajstić information content (AvgIpc) is 2.86. The highest BCUT2D eigenvalue weighted by Gasteiger charge is 2.23. The Bertz CT molecular complexity index is 413. The lowest BCUT2D eigenvalue weighted by Gasteiger charge is -2.32. The molecule has 1 aromatic rings. The Hall–Kier alpha value is -0.880. The van der Waals surface area contributed by atoms with Crippen LogP contribution in [-0.2, 0) is 4.79 Å². The molecule has 0 spiro atoms. The second-order valence-corrected chi connectivity index (χ2v) is 5.87. The van der Waals surface area contributed by atoms with Gasteiger partial charge < -0.3 is 10.2 Å². The number of halogens is 1. The largest absolute Gasteiger partial charge is 0.343 e. The number of carbonyl (C=O) groups excluding carboxylic acids is 1. The van der Waals surface area contributed by atoms with Gasteiger partial charge in [-0.1, -0.05) is 0 Å². The molecule has 1 amide bonds. The second-order valence-electron chi connectivity index (χ2n) is 4.96. The fourth-order valence-corrected chi connectivity index (χ4v) is 2.77. The van der Waals surface area contributed by atoms with Crippen LogP contribution in [0.5, 0.6) is 0 Å². The van der Waals surface area contributed by atoms with E-state index in [1.54, 1.807) is 0 Å². The highest BCUT2D eigenvalue weighted by atomic mass is 79.9. The SMILES string of the molecule is CNCCCC(=O)N1CCC(n2cc(Br)cn2)CC1. The average molecular weight is 329 g/mol. The summed E-state index contributed by atoms with van der Waals surface area (Å²) in [5.41, 5.74) is 0. The number of rotatable bonds is 5. The van der Waals surface area contributed by atoms with Gasteiger partial charge in [0.1, 0.15) is 0 Å². The minimum atomic E-state index is 0.287. The molecule has 1 saturated heterocycles. The van der Waals surface area contributed by atoms with E-state index in [1.165, 1.54) is 0 Å². The second kappa shape index (κ2) is 7.05. The molecule has 2 rings (SSSR count). The van der Waals surface area contributed by atoms with Gasteiger partial charge in [0, 0.05) is 25.7 Å². The summed E-state index contributed by atoms with van der Waals surface area (Å²) in [5, 5.41) is 7.40. The number of nitrogens with one attached hydrogen (secondary N) is 1. The van der Waals surface area contributed by atoms with Crippen LogP contribution in [0.25, 0.3) is 0 Å². The van der Waals surface area contributed by atoms with E-state index in [9.17, 15) is 4.79 Å². The lowest BCUT2D eigenvalue weighted by molar-refractivity contribution is -0.132. The Morgan fingerprint density at radius 3 is 2.84 bits per heavy atom. The third-order valence-corrected chi connectivity index (χ3v) is 3.99. The standard InChI is InChI=1S/C13H21BrN4O/c1-15-6-2-3-13(19)17-7-4-12(5-8-17)18-10-11(14)9-16-18/h9-10,12,15H,2-8H2,1H3. The van der Waals surface area contributed by atoms with E-state index in [2.05, 4.69) is 26.3 Å². The van der Waals surface area contributed by atoms with Crippen molar-refractivity contribution in [2.45, 2.75) is 31.7 Å². The summed E-state index contributed by atoms with van der Waals surface area (Å²) in [6.07, 6.45) is 7.38. The first-order valence-corrected chi connectivity index (χ1v) is 7.62. The molecule has 1 fully saturated rings. The molecule has 1 aliphatic heterocycles. The maximum Gasteiger partial charge on any atom is 0.222 e. The zero-order valence-electron chi connectivity index (χ0n) is 11.3. The van der Waals surface area contributed by atoms with Crippen molar-refractivity contribution < 1.29 is 4.79 Å². The fraction of sp³-hybridized carbons (Fsp3) is 0.692. The zero-order chi connectivity index (χ0) is 13.7. The van der Waals surface area contributed by atoms with Gasteiger partial charge in [-0.05, 0) is 48.8 Å². The Morgan fingerprint density at radius 1 is 1.53 bits per heavy atom. The van der Waals surface area contributed by atoms with Gasteiger partial charge in [-0.15, -0.1) is 0 Å². The summed E-state index contributed by atoms with van der Waals surface area (Å²) >= 11 is 3.42. The number of hydrogen-bond acceptors (Lipinski definition) is 3. The summed E-state index contributed by atoms with van der Waals surface area (Å²) < 4.78 is 3.02. The minimum absolute atomic E-state index is 0.287. The third kappa shape index (κ3) is 4.04. The normalized spacial score (nSPS) is 16.8. The fourth-order valence-electron chi connectivity index (χ4n) is 2.47. The van der Waals surface area contributed by atoms with Crippen LogP contribution in [0.2, 0.25) is 0 Å². The van der Waals surface area contributed by atoms with Gasteiger partial charge in [-0.2, -0.15) is 5.10 Å². The van der Waals surface area contributed by atoms with Gasteiger partial charge in [0.25, 0.3) is 0 Å². The van der Waals surface area contributed by atoms with E-state index < -0.39 is 0 Å². The predicted octanol–water partition coefficient (Wildman–Crippen LogP) is 1.81. The van der Waals surface area contributed by atoms with Crippen molar-refractivity contribution in [3.05, 3.63) is 16.9 Å². The summed E-state index contributed by atoms with van der Waals surface area (Å²) in [5.74, 6) is 0.287. The van der Waals surface area contributed by atoms with Gasteiger partial charge in [-0.25, -0.2) is 0 Å². The molecule has 0 atom stereocenters. The Kier molecular flexibility index (Phi) is 5.39. The van der Waals surface area contributed by atoms with Crippen molar-refractivity contribution in [3.8, 4) is 0 Å². The molecule has 1 aliphatic rings. The summed E-state index contributed by atoms with van der Waals surface area (Å²) in [4.78, 5) is 14.0. The highest BCUT2D eigenvalue weighted by Crippen LogP contribution is 2.23. The van der Waals surface area contributed by atoms with Crippen LogP contribution in [0, 0.1) is 0 Å². The smallest absolute Gasteiger partial charge is 0.222 e. The molecule has 0 radical (unpaired) electrons. The van der Waals surface area contributed by atoms with Crippen molar-refractivity contribution in [1.29, 1.82) is 0 Å². The maximum atomic E-state index is 12.0. The lowest BCUT2D eigenvalue weighted by atomic mass is 10.0. The number of piperidine rings is 1. The molecule has 0 aromatic carbocycles. The molecule has 5 nitrogen and oxygen atoms in total. The first-order chi connectivity index (χ1) is 9.20. The summed E-state index contributed by atoms with van der Waals surface area (Å²) in [6, 6.07) is 0.424. The van der Waals surface area contributed by atoms with Gasteiger partial charge in [-0.3, -0.25) is 9.48 Å². The molecule has 106 valence electrons. The molecule has 19 heavy (non-hydrogen) atoms. The van der Waals surface area contributed by atoms with Crippen LogP contribution in [0.1, 0.15) is 31.7 Å². The minimum Gasteiger partial charge on any atom is -0.343 e. The molecule has 0 aliphatic carbocycles. The monoisotopic (exact) mass is 328 g/mol. The molecule has 1 N–H and O–H groups in total. The molecule has 1 aromatic heterocycles. The van der Waals surface area contributed by atoms with Crippen molar-refractivity contribution >= 4 is 21.8 Å². The summed E-state index contributed by atoms with van der Waals surface area (Å²) in [7, 11) is 1.91. The maximum absolute atomic E-state index is 12.0. The topological polar surface area (TPSA) is 50.2 Å². The van der Waals surface area contributed by atoms with Crippen LogP contribution in [0.3, 0.4) is 0 Å². The van der Waals surface area contributed by atoms with Crippen LogP contribution < -0.4 is 5.32 Å². The molecular weight excluding hydrogens is 308 g/mol. The van der Waals surface area contributed by atoms with E-state index in [1.807, 2.05) is 29.0 Å². The molecule has 2 heterocycles. The van der Waals surface area contributed by atoms with E-state index in [4.69, 9.17) is 0 Å². The number of aromatic nitrogens is 2. The van der Waals surface area contributed by atoms with Crippen LogP contribution in [0.15, 0.2) is 16.9 Å². The first-order valence-electron chi connectivity index (χ1n) is 6.82. The molecule has 0 unspecified atom stereocenters. The molecular formula is C13H21BrN4O. The number of amides is 1. The van der Waals surface area contributed by atoms with Crippen molar-refractivity contribution in [2.24, 2.45) is 0 Å². The predicted molar refractivity (Wildman–Crippen MR) is 77.9 cm³/mol. The van der Waals surface area contributed by atoms with Crippen LogP contribution in [-0.4, -0.2) is 47.3 Å². The number of nitrogens with zero attached hydrogens (tertiary/aromatic N) is 3.